The normalized spacial score (nSPS) is 10.4. The van der Waals surface area contributed by atoms with Gasteiger partial charge in [0.1, 0.15) is 5.82 Å². The first kappa shape index (κ1) is 10.4. The standard InChI is InChI=1S/C10H11FN2O/c1-2-6-12-13-10(14)8-4-3-5-9(11)7-8/h3-7H,2H2,1H3,(H,13,14)/b12-6-. The minimum atomic E-state index is -0.433. The first-order valence-electron chi connectivity index (χ1n) is 4.31. The second-order valence-electron chi connectivity index (χ2n) is 2.67. The number of carbonyl (C=O) groups excluding carboxylic acids is 1. The highest BCUT2D eigenvalue weighted by Crippen LogP contribution is 2.02. The van der Waals surface area contributed by atoms with Crippen LogP contribution < -0.4 is 5.43 Å². The van der Waals surface area contributed by atoms with E-state index in [-0.39, 0.29) is 5.56 Å². The van der Waals surface area contributed by atoms with Crippen molar-refractivity contribution >= 4 is 12.1 Å². The summed E-state index contributed by atoms with van der Waals surface area (Å²) in [5, 5.41) is 3.65. The Kier molecular flexibility index (Phi) is 3.79. The van der Waals surface area contributed by atoms with E-state index in [1.165, 1.54) is 18.2 Å². The lowest BCUT2D eigenvalue weighted by atomic mass is 10.2. The molecule has 0 fully saturated rings. The van der Waals surface area contributed by atoms with Gasteiger partial charge < -0.3 is 0 Å². The first-order valence-corrected chi connectivity index (χ1v) is 4.31. The van der Waals surface area contributed by atoms with Crippen LogP contribution in [0.3, 0.4) is 0 Å². The van der Waals surface area contributed by atoms with Gasteiger partial charge in [0, 0.05) is 11.8 Å². The summed E-state index contributed by atoms with van der Waals surface area (Å²) in [4.78, 5) is 11.3. The Bertz CT molecular complexity index is 350. The molecule has 14 heavy (non-hydrogen) atoms. The zero-order valence-electron chi connectivity index (χ0n) is 7.83. The van der Waals surface area contributed by atoms with E-state index >= 15 is 0 Å². The maximum absolute atomic E-state index is 12.7. The number of hydrazone groups is 1. The van der Waals surface area contributed by atoms with Crippen molar-refractivity contribution in [1.82, 2.24) is 5.43 Å². The molecule has 0 aromatic heterocycles. The van der Waals surface area contributed by atoms with Gasteiger partial charge in [-0.3, -0.25) is 4.79 Å². The predicted molar refractivity (Wildman–Crippen MR) is 52.6 cm³/mol. The zero-order chi connectivity index (χ0) is 10.4. The fourth-order valence-electron chi connectivity index (χ4n) is 0.890. The Morgan fingerprint density at radius 1 is 1.64 bits per heavy atom. The Morgan fingerprint density at radius 3 is 3.07 bits per heavy atom. The second kappa shape index (κ2) is 5.11. The highest BCUT2D eigenvalue weighted by atomic mass is 19.1. The van der Waals surface area contributed by atoms with Crippen LogP contribution in [-0.4, -0.2) is 12.1 Å². The molecule has 0 heterocycles. The van der Waals surface area contributed by atoms with Gasteiger partial charge >= 0.3 is 0 Å². The molecular weight excluding hydrogens is 183 g/mol. The Labute approximate surface area is 81.6 Å². The van der Waals surface area contributed by atoms with E-state index in [0.29, 0.717) is 0 Å². The molecule has 0 unspecified atom stereocenters. The van der Waals surface area contributed by atoms with Crippen LogP contribution in [0.1, 0.15) is 23.7 Å². The van der Waals surface area contributed by atoms with Gasteiger partial charge in [-0.05, 0) is 24.6 Å². The summed E-state index contributed by atoms with van der Waals surface area (Å²) in [6.45, 7) is 1.90. The molecule has 1 N–H and O–H groups in total. The smallest absolute Gasteiger partial charge is 0.267 e. The molecule has 1 aromatic rings. The van der Waals surface area contributed by atoms with Crippen molar-refractivity contribution in [1.29, 1.82) is 0 Å². The van der Waals surface area contributed by atoms with Crippen molar-refractivity contribution in [3.63, 3.8) is 0 Å². The summed E-state index contributed by atoms with van der Waals surface area (Å²) in [5.41, 5.74) is 2.55. The van der Waals surface area contributed by atoms with Gasteiger partial charge in [-0.25, -0.2) is 9.82 Å². The van der Waals surface area contributed by atoms with Crippen molar-refractivity contribution in [2.45, 2.75) is 13.3 Å². The van der Waals surface area contributed by atoms with Crippen LogP contribution in [0.2, 0.25) is 0 Å². The fourth-order valence-corrected chi connectivity index (χ4v) is 0.890. The minimum absolute atomic E-state index is 0.262. The largest absolute Gasteiger partial charge is 0.271 e. The second-order valence-corrected chi connectivity index (χ2v) is 2.67. The molecule has 0 aliphatic rings. The third-order valence-corrected chi connectivity index (χ3v) is 1.53. The maximum atomic E-state index is 12.7. The van der Waals surface area contributed by atoms with Crippen LogP contribution in [0, 0.1) is 5.82 Å². The van der Waals surface area contributed by atoms with E-state index in [4.69, 9.17) is 0 Å². The molecule has 74 valence electrons. The molecule has 0 aliphatic heterocycles. The Balaban J connectivity index is 2.65. The van der Waals surface area contributed by atoms with Crippen LogP contribution in [0.15, 0.2) is 29.4 Å². The molecule has 0 atom stereocenters. The molecule has 3 nitrogen and oxygen atoms in total. The number of rotatable bonds is 3. The van der Waals surface area contributed by atoms with E-state index in [1.54, 1.807) is 6.21 Å². The topological polar surface area (TPSA) is 41.5 Å². The van der Waals surface area contributed by atoms with Gasteiger partial charge in [0.25, 0.3) is 5.91 Å². The van der Waals surface area contributed by atoms with Gasteiger partial charge in [-0.1, -0.05) is 13.0 Å². The van der Waals surface area contributed by atoms with Crippen LogP contribution in [0.5, 0.6) is 0 Å². The molecular formula is C10H11FN2O. The predicted octanol–water partition coefficient (Wildman–Crippen LogP) is 1.95. The zero-order valence-corrected chi connectivity index (χ0v) is 7.83. The molecule has 0 saturated heterocycles. The monoisotopic (exact) mass is 194 g/mol. The number of amides is 1. The molecule has 0 bridgehead atoms. The van der Waals surface area contributed by atoms with Crippen LogP contribution >= 0.6 is 0 Å². The summed E-state index contributed by atoms with van der Waals surface area (Å²) in [6, 6.07) is 5.45. The van der Waals surface area contributed by atoms with Gasteiger partial charge in [0.2, 0.25) is 0 Å². The van der Waals surface area contributed by atoms with E-state index in [0.717, 1.165) is 12.5 Å². The van der Waals surface area contributed by atoms with Crippen molar-refractivity contribution in [2.75, 3.05) is 0 Å². The van der Waals surface area contributed by atoms with Crippen molar-refractivity contribution < 1.29 is 9.18 Å². The molecule has 0 aliphatic carbocycles. The van der Waals surface area contributed by atoms with Crippen molar-refractivity contribution in [3.05, 3.63) is 35.6 Å². The third-order valence-electron chi connectivity index (χ3n) is 1.53. The number of hydrogen-bond acceptors (Lipinski definition) is 2. The summed E-state index contributed by atoms with van der Waals surface area (Å²) < 4.78 is 12.7. The summed E-state index contributed by atoms with van der Waals surface area (Å²) in [7, 11) is 0. The van der Waals surface area contributed by atoms with E-state index < -0.39 is 11.7 Å². The quantitative estimate of drug-likeness (QED) is 0.580. The van der Waals surface area contributed by atoms with Crippen molar-refractivity contribution in [3.8, 4) is 0 Å². The maximum Gasteiger partial charge on any atom is 0.271 e. The number of halogens is 1. The minimum Gasteiger partial charge on any atom is -0.267 e. The van der Waals surface area contributed by atoms with E-state index in [1.807, 2.05) is 6.92 Å². The number of nitrogens with zero attached hydrogens (tertiary/aromatic N) is 1. The Morgan fingerprint density at radius 2 is 2.43 bits per heavy atom. The lowest BCUT2D eigenvalue weighted by Gasteiger charge is -1.98. The molecule has 0 saturated carbocycles. The first-order chi connectivity index (χ1) is 6.74. The molecule has 0 spiro atoms. The average molecular weight is 194 g/mol. The summed E-state index contributed by atoms with van der Waals surface area (Å²) in [6.07, 6.45) is 2.31. The average Bonchev–Trinajstić information content (AvgIpc) is 2.18. The van der Waals surface area contributed by atoms with Crippen molar-refractivity contribution in [2.24, 2.45) is 5.10 Å². The van der Waals surface area contributed by atoms with Crippen LogP contribution in [-0.2, 0) is 0 Å². The highest BCUT2D eigenvalue weighted by molar-refractivity contribution is 5.94. The SMILES string of the molecule is CC/C=N\NC(=O)c1cccc(F)c1. The molecule has 1 rings (SSSR count). The lowest BCUT2D eigenvalue weighted by Crippen LogP contribution is -2.17. The van der Waals surface area contributed by atoms with Gasteiger partial charge in [-0.15, -0.1) is 0 Å². The Hall–Kier alpha value is -1.71. The van der Waals surface area contributed by atoms with E-state index in [9.17, 15) is 9.18 Å². The molecule has 1 aromatic carbocycles. The number of hydrogen-bond donors (Lipinski definition) is 1. The van der Waals surface area contributed by atoms with Crippen LogP contribution in [0.4, 0.5) is 4.39 Å². The molecule has 0 radical (unpaired) electrons. The highest BCUT2D eigenvalue weighted by Gasteiger charge is 2.03. The van der Waals surface area contributed by atoms with Gasteiger partial charge in [0.05, 0.1) is 0 Å². The molecule has 4 heteroatoms. The molecule has 1 amide bonds. The number of benzene rings is 1. The lowest BCUT2D eigenvalue weighted by molar-refractivity contribution is 0.0954. The third kappa shape index (κ3) is 2.97. The van der Waals surface area contributed by atoms with Gasteiger partial charge in [0.15, 0.2) is 0 Å². The number of carbonyl (C=O) groups is 1. The fraction of sp³-hybridized carbons (Fsp3) is 0.200. The van der Waals surface area contributed by atoms with E-state index in [2.05, 4.69) is 10.5 Å². The number of nitrogens with one attached hydrogen (secondary N) is 1. The van der Waals surface area contributed by atoms with Gasteiger partial charge in [-0.2, -0.15) is 5.10 Å². The summed E-state index contributed by atoms with van der Waals surface area (Å²) in [5.74, 6) is -0.841. The summed E-state index contributed by atoms with van der Waals surface area (Å²) >= 11 is 0. The van der Waals surface area contributed by atoms with Crippen LogP contribution in [0.25, 0.3) is 0 Å².